The van der Waals surface area contributed by atoms with Crippen LogP contribution in [0, 0.1) is 5.92 Å². The van der Waals surface area contributed by atoms with Crippen molar-refractivity contribution in [2.75, 3.05) is 0 Å². The zero-order chi connectivity index (χ0) is 22.1. The monoisotopic (exact) mass is 431 g/mol. The Hall–Kier alpha value is -2.38. The molecule has 2 unspecified atom stereocenters. The number of amides is 2. The van der Waals surface area contributed by atoms with Crippen LogP contribution < -0.4 is 16.0 Å². The Morgan fingerprint density at radius 3 is 2.73 bits per heavy atom. The van der Waals surface area contributed by atoms with E-state index in [9.17, 15) is 9.59 Å². The number of carbonyl (C=O) groups is 2. The summed E-state index contributed by atoms with van der Waals surface area (Å²) in [6.45, 7) is 10.4. The molecule has 0 saturated carbocycles. The molecule has 2 atom stereocenters. The van der Waals surface area contributed by atoms with E-state index in [1.165, 1.54) is 0 Å². The fourth-order valence-electron chi connectivity index (χ4n) is 3.29. The quantitative estimate of drug-likeness (QED) is 0.676. The van der Waals surface area contributed by atoms with E-state index < -0.39 is 6.17 Å². The smallest absolute Gasteiger partial charge is 0.223 e. The molecule has 1 aliphatic rings. The lowest BCUT2D eigenvalue weighted by atomic mass is 10.0. The van der Waals surface area contributed by atoms with Crippen LogP contribution in [-0.2, 0) is 21.7 Å². The number of rotatable bonds is 5. The number of nitrogens with one attached hydrogen (secondary N) is 3. The summed E-state index contributed by atoms with van der Waals surface area (Å²) < 4.78 is 1.90. The zero-order valence-electron chi connectivity index (χ0n) is 18.1. The summed E-state index contributed by atoms with van der Waals surface area (Å²) in [5, 5.41) is 14.4. The molecular formula is C22H30ClN5O2. The highest BCUT2D eigenvalue weighted by molar-refractivity contribution is 6.31. The van der Waals surface area contributed by atoms with Crippen molar-refractivity contribution in [1.29, 1.82) is 0 Å². The van der Waals surface area contributed by atoms with Gasteiger partial charge in [-0.1, -0.05) is 31.5 Å². The Morgan fingerprint density at radius 2 is 2.10 bits per heavy atom. The van der Waals surface area contributed by atoms with Gasteiger partial charge in [-0.05, 0) is 38.5 Å². The maximum absolute atomic E-state index is 12.4. The van der Waals surface area contributed by atoms with Crippen LogP contribution in [0.5, 0.6) is 0 Å². The third-order valence-corrected chi connectivity index (χ3v) is 5.46. The first-order chi connectivity index (χ1) is 14.0. The Bertz CT molecular complexity index is 932. The minimum Gasteiger partial charge on any atom is -0.352 e. The molecule has 1 fully saturated rings. The summed E-state index contributed by atoms with van der Waals surface area (Å²) in [4.78, 5) is 24.3. The van der Waals surface area contributed by atoms with Crippen LogP contribution in [0.3, 0.4) is 0 Å². The van der Waals surface area contributed by atoms with Crippen LogP contribution >= 0.6 is 11.6 Å². The van der Waals surface area contributed by atoms with Gasteiger partial charge in [0.15, 0.2) is 0 Å². The van der Waals surface area contributed by atoms with Crippen LogP contribution in [0.1, 0.15) is 69.9 Å². The molecule has 3 N–H and O–H groups in total. The highest BCUT2D eigenvalue weighted by Crippen LogP contribution is 2.30. The molecule has 1 aliphatic heterocycles. The van der Waals surface area contributed by atoms with Crippen LogP contribution in [0.15, 0.2) is 30.6 Å². The van der Waals surface area contributed by atoms with Gasteiger partial charge < -0.3 is 10.6 Å². The van der Waals surface area contributed by atoms with E-state index in [2.05, 4.69) is 41.8 Å². The predicted molar refractivity (Wildman–Crippen MR) is 117 cm³/mol. The van der Waals surface area contributed by atoms with Crippen molar-refractivity contribution in [2.45, 2.75) is 65.3 Å². The zero-order valence-corrected chi connectivity index (χ0v) is 18.9. The van der Waals surface area contributed by atoms with Gasteiger partial charge in [0.2, 0.25) is 11.8 Å². The van der Waals surface area contributed by atoms with Gasteiger partial charge in [0.05, 0.1) is 11.7 Å². The van der Waals surface area contributed by atoms with Crippen molar-refractivity contribution in [2.24, 2.45) is 5.92 Å². The van der Waals surface area contributed by atoms with Crippen molar-refractivity contribution in [3.63, 3.8) is 0 Å². The van der Waals surface area contributed by atoms with Crippen molar-refractivity contribution in [3.8, 4) is 0 Å². The largest absolute Gasteiger partial charge is 0.352 e. The molecule has 0 radical (unpaired) electrons. The molecule has 162 valence electrons. The highest BCUT2D eigenvalue weighted by atomic mass is 35.5. The van der Waals surface area contributed by atoms with Crippen LogP contribution in [-0.4, -0.2) is 21.6 Å². The third-order valence-electron chi connectivity index (χ3n) is 5.12. The van der Waals surface area contributed by atoms with Gasteiger partial charge in [0, 0.05) is 47.3 Å². The van der Waals surface area contributed by atoms with Gasteiger partial charge in [-0.25, -0.2) is 0 Å². The molecule has 1 aromatic carbocycles. The number of halogens is 1. The second-order valence-electron chi connectivity index (χ2n) is 9.04. The molecular weight excluding hydrogens is 402 g/mol. The number of nitrogens with zero attached hydrogens (tertiary/aromatic N) is 2. The number of benzene rings is 1. The summed E-state index contributed by atoms with van der Waals surface area (Å²) >= 11 is 6.45. The molecule has 3 rings (SSSR count). The second kappa shape index (κ2) is 8.78. The molecule has 2 aromatic rings. The SMILES string of the molecule is CC(C)C(=O)NCc1ccc(Cl)c(C2NC(=O)CC(c3cnn(C(C)(C)C)c3)N2)c1. The first kappa shape index (κ1) is 22.3. The standard InChI is InChI=1S/C22H30ClN5O2/c1-13(2)21(30)24-10-14-6-7-17(23)16(8-14)20-26-18(9-19(29)27-20)15-11-25-28(12-15)22(3,4)5/h6-8,11-13,18,20,26H,9-10H2,1-5H3,(H,24,30)(H,27,29). The van der Waals surface area contributed by atoms with Crippen molar-refractivity contribution in [1.82, 2.24) is 25.7 Å². The van der Waals surface area contributed by atoms with Gasteiger partial charge in [-0.2, -0.15) is 5.10 Å². The molecule has 0 bridgehead atoms. The lowest BCUT2D eigenvalue weighted by molar-refractivity contribution is -0.125. The minimum atomic E-state index is -0.428. The fraction of sp³-hybridized carbons (Fsp3) is 0.500. The minimum absolute atomic E-state index is 0.00785. The van der Waals surface area contributed by atoms with Gasteiger partial charge in [-0.3, -0.25) is 19.6 Å². The number of hydrogen-bond donors (Lipinski definition) is 3. The van der Waals surface area contributed by atoms with E-state index in [4.69, 9.17) is 11.6 Å². The van der Waals surface area contributed by atoms with Gasteiger partial charge in [-0.15, -0.1) is 0 Å². The number of aromatic nitrogens is 2. The highest BCUT2D eigenvalue weighted by Gasteiger charge is 2.30. The van der Waals surface area contributed by atoms with Crippen molar-refractivity contribution < 1.29 is 9.59 Å². The van der Waals surface area contributed by atoms with Crippen LogP contribution in [0.25, 0.3) is 0 Å². The lowest BCUT2D eigenvalue weighted by Gasteiger charge is -2.32. The van der Waals surface area contributed by atoms with Crippen LogP contribution in [0.4, 0.5) is 0 Å². The summed E-state index contributed by atoms with van der Waals surface area (Å²) in [6.07, 6.45) is 3.68. The summed E-state index contributed by atoms with van der Waals surface area (Å²) in [5.41, 5.74) is 2.52. The molecule has 1 aromatic heterocycles. The number of hydrogen-bond acceptors (Lipinski definition) is 4. The van der Waals surface area contributed by atoms with Crippen molar-refractivity contribution >= 4 is 23.4 Å². The third kappa shape index (κ3) is 5.21. The Balaban J connectivity index is 1.79. The lowest BCUT2D eigenvalue weighted by Crippen LogP contribution is -2.46. The van der Waals surface area contributed by atoms with E-state index in [1.54, 1.807) is 12.3 Å². The summed E-state index contributed by atoms with van der Waals surface area (Å²) in [5.74, 6) is -0.140. The van der Waals surface area contributed by atoms with E-state index in [0.29, 0.717) is 18.0 Å². The maximum Gasteiger partial charge on any atom is 0.223 e. The Morgan fingerprint density at radius 1 is 1.37 bits per heavy atom. The maximum atomic E-state index is 12.4. The van der Waals surface area contributed by atoms with E-state index in [1.807, 2.05) is 36.9 Å². The molecule has 30 heavy (non-hydrogen) atoms. The summed E-state index contributed by atoms with van der Waals surface area (Å²) in [6, 6.07) is 5.42. The van der Waals surface area contributed by atoms with E-state index >= 15 is 0 Å². The van der Waals surface area contributed by atoms with Crippen molar-refractivity contribution in [3.05, 3.63) is 52.3 Å². The Kier molecular flexibility index (Phi) is 6.53. The van der Waals surface area contributed by atoms with Crippen LogP contribution in [0.2, 0.25) is 5.02 Å². The second-order valence-corrected chi connectivity index (χ2v) is 9.45. The van der Waals surface area contributed by atoms with Gasteiger partial charge in [0.1, 0.15) is 6.17 Å². The molecule has 1 saturated heterocycles. The summed E-state index contributed by atoms with van der Waals surface area (Å²) in [7, 11) is 0. The molecule has 8 heteroatoms. The molecule has 2 heterocycles. The normalized spacial score (nSPS) is 19.6. The topological polar surface area (TPSA) is 88.1 Å². The average molecular weight is 432 g/mol. The van der Waals surface area contributed by atoms with E-state index in [0.717, 1.165) is 16.7 Å². The van der Waals surface area contributed by atoms with E-state index in [-0.39, 0.29) is 29.3 Å². The van der Waals surface area contributed by atoms with Gasteiger partial charge >= 0.3 is 0 Å². The predicted octanol–water partition coefficient (Wildman–Crippen LogP) is 3.41. The van der Waals surface area contributed by atoms with Gasteiger partial charge in [0.25, 0.3) is 0 Å². The fourth-order valence-corrected chi connectivity index (χ4v) is 3.52. The Labute approximate surface area is 182 Å². The molecule has 0 spiro atoms. The first-order valence-electron chi connectivity index (χ1n) is 10.2. The molecule has 7 nitrogen and oxygen atoms in total. The number of carbonyl (C=O) groups excluding carboxylic acids is 2. The molecule has 0 aliphatic carbocycles. The molecule has 2 amide bonds. The first-order valence-corrected chi connectivity index (χ1v) is 10.6. The average Bonchev–Trinajstić information content (AvgIpc) is 3.17.